The largest absolute Gasteiger partial charge is 0.494 e. The molecule has 1 aliphatic rings. The van der Waals surface area contributed by atoms with E-state index in [0.29, 0.717) is 42.6 Å². The maximum atomic E-state index is 13.5. The molecule has 4 N–H and O–H groups in total. The number of aliphatic hydroxyl groups is 1. The van der Waals surface area contributed by atoms with E-state index in [4.69, 9.17) is 26.8 Å². The number of aromatic amines is 1. The lowest BCUT2D eigenvalue weighted by Crippen LogP contribution is -2.42. The van der Waals surface area contributed by atoms with Crippen molar-refractivity contribution in [3.05, 3.63) is 88.6 Å². The Bertz CT molecular complexity index is 1450. The molecule has 41 heavy (non-hydrogen) atoms. The Hall–Kier alpha value is -3.72. The number of hydrogen-bond donors (Lipinski definition) is 3. The van der Waals surface area contributed by atoms with Crippen LogP contribution in [0.1, 0.15) is 42.6 Å². The summed E-state index contributed by atoms with van der Waals surface area (Å²) in [6.07, 6.45) is 2.17. The maximum Gasteiger partial charge on any atom is 0.416 e. The first-order valence-corrected chi connectivity index (χ1v) is 14.5. The second-order valence-corrected chi connectivity index (χ2v) is 10.8. The highest BCUT2D eigenvalue weighted by Crippen LogP contribution is 2.40. The molecule has 216 valence electrons. The molecule has 0 saturated carbocycles. The summed E-state index contributed by atoms with van der Waals surface area (Å²) in [5, 5.41) is 11.0. The average Bonchev–Trinajstić information content (AvgIpc) is 3.34. The van der Waals surface area contributed by atoms with Crippen molar-refractivity contribution in [3.63, 3.8) is 0 Å². The van der Waals surface area contributed by atoms with Crippen LogP contribution in [0.2, 0.25) is 5.02 Å². The van der Waals surface area contributed by atoms with E-state index in [-0.39, 0.29) is 12.6 Å². The van der Waals surface area contributed by atoms with Crippen molar-refractivity contribution >= 4 is 34.3 Å². The van der Waals surface area contributed by atoms with Gasteiger partial charge in [-0.1, -0.05) is 30.7 Å². The van der Waals surface area contributed by atoms with Gasteiger partial charge in [0.2, 0.25) is 0 Å². The number of carbonyl (C=O) groups excluding carboxylic acids is 1. The van der Waals surface area contributed by atoms with Crippen molar-refractivity contribution < 1.29 is 19.4 Å². The normalized spacial score (nSPS) is 14.8. The van der Waals surface area contributed by atoms with Crippen molar-refractivity contribution in [1.29, 1.82) is 0 Å². The highest BCUT2D eigenvalue weighted by atomic mass is 35.5. The third-order valence-electron chi connectivity index (χ3n) is 7.45. The van der Waals surface area contributed by atoms with Crippen LogP contribution in [0.3, 0.4) is 0 Å². The number of nitrogens with two attached hydrogens (primary N) is 1. The molecule has 1 aromatic heterocycles. The van der Waals surface area contributed by atoms with Crippen molar-refractivity contribution in [2.75, 3.05) is 45.1 Å². The van der Waals surface area contributed by atoms with E-state index in [9.17, 15) is 9.90 Å². The minimum atomic E-state index is -0.429. The summed E-state index contributed by atoms with van der Waals surface area (Å²) in [5.41, 5.74) is 10.4. The zero-order valence-electron chi connectivity index (χ0n) is 23.3. The fourth-order valence-electron chi connectivity index (χ4n) is 5.52. The van der Waals surface area contributed by atoms with Crippen LogP contribution in [-0.2, 0) is 6.42 Å². The molecule has 0 spiro atoms. The summed E-state index contributed by atoms with van der Waals surface area (Å²) >= 11 is 6.34. The summed E-state index contributed by atoms with van der Waals surface area (Å²) in [4.78, 5) is 21.1. The average molecular weight is 577 g/mol. The summed E-state index contributed by atoms with van der Waals surface area (Å²) in [5.74, 6) is 1.21. The van der Waals surface area contributed by atoms with Crippen LogP contribution in [-0.4, -0.2) is 65.4 Å². The molecule has 4 aromatic rings. The number of benzene rings is 3. The first-order chi connectivity index (χ1) is 20.0. The zero-order valence-corrected chi connectivity index (χ0v) is 24.1. The number of rotatable bonds is 11. The number of nitrogens with zero attached hydrogens (tertiary/aromatic N) is 2. The van der Waals surface area contributed by atoms with Crippen LogP contribution >= 0.6 is 11.6 Å². The van der Waals surface area contributed by atoms with Crippen LogP contribution < -0.4 is 15.2 Å². The molecular weight excluding hydrogens is 540 g/mol. The van der Waals surface area contributed by atoms with E-state index in [0.717, 1.165) is 59.4 Å². The van der Waals surface area contributed by atoms with Gasteiger partial charge in [-0.05, 0) is 91.5 Å². The van der Waals surface area contributed by atoms with Crippen LogP contribution in [0.4, 0.5) is 10.5 Å². The number of fused-ring (bicyclic) bond motifs is 3. The molecule has 0 fully saturated rings. The number of nitrogen functional groups attached to an aromatic ring is 1. The van der Waals surface area contributed by atoms with Gasteiger partial charge in [0.05, 0.1) is 13.2 Å². The Morgan fingerprint density at radius 2 is 1.83 bits per heavy atom. The van der Waals surface area contributed by atoms with Gasteiger partial charge in [-0.25, -0.2) is 4.79 Å². The van der Waals surface area contributed by atoms with Crippen LogP contribution in [0.5, 0.6) is 11.5 Å². The number of carbonyl (C=O) groups is 1. The first-order valence-electron chi connectivity index (χ1n) is 14.2. The fraction of sp³-hybridized carbons (Fsp3) is 0.344. The molecule has 3 aromatic carbocycles. The Morgan fingerprint density at radius 1 is 1.07 bits per heavy atom. The quantitative estimate of drug-likeness (QED) is 0.149. The van der Waals surface area contributed by atoms with E-state index in [1.165, 1.54) is 0 Å². The molecule has 0 saturated heterocycles. The highest BCUT2D eigenvalue weighted by molar-refractivity contribution is 6.31. The lowest BCUT2D eigenvalue weighted by atomic mass is 9.92. The lowest BCUT2D eigenvalue weighted by molar-refractivity contribution is 0.135. The number of ether oxygens (including phenoxy) is 2. The number of nitrogens with one attached hydrogen (secondary N) is 1. The summed E-state index contributed by atoms with van der Waals surface area (Å²) in [7, 11) is 0. The molecule has 1 amide bonds. The van der Waals surface area contributed by atoms with Gasteiger partial charge in [0.15, 0.2) is 0 Å². The minimum Gasteiger partial charge on any atom is -0.494 e. The maximum absolute atomic E-state index is 13.5. The van der Waals surface area contributed by atoms with Gasteiger partial charge in [0.25, 0.3) is 0 Å². The van der Waals surface area contributed by atoms with Crippen LogP contribution in [0, 0.1) is 0 Å². The van der Waals surface area contributed by atoms with Crippen molar-refractivity contribution in [1.82, 2.24) is 14.8 Å². The van der Waals surface area contributed by atoms with Crippen LogP contribution in [0.15, 0.2) is 66.7 Å². The SMILES string of the molecule is CCCN(CCO)CCCOc1ccc(C2c3[nH]c4ccc(Cl)cc4c3CCN2C(=O)Oc2ccc(N)cc2)cc1. The van der Waals surface area contributed by atoms with E-state index in [2.05, 4.69) is 16.8 Å². The summed E-state index contributed by atoms with van der Waals surface area (Å²) in [6.45, 7) is 5.92. The molecule has 1 aliphatic heterocycles. The standard InChI is InChI=1S/C32H37ClN4O4/c1-2-15-36(18-19-38)16-3-20-40-25-9-4-22(5-10-25)31-30-27(28-21-23(33)6-13-29(28)35-30)14-17-37(31)32(39)41-26-11-7-24(34)8-12-26/h4-13,21,31,35,38H,2-3,14-20,34H2,1H3. The predicted molar refractivity (Wildman–Crippen MR) is 163 cm³/mol. The lowest BCUT2D eigenvalue weighted by Gasteiger charge is -2.35. The first kappa shape index (κ1) is 28.8. The molecule has 8 nitrogen and oxygen atoms in total. The number of aromatic nitrogens is 1. The second kappa shape index (κ2) is 13.3. The molecular formula is C32H37ClN4O4. The number of halogens is 1. The van der Waals surface area contributed by atoms with Gasteiger partial charge in [0, 0.05) is 46.9 Å². The van der Waals surface area contributed by atoms with E-state index in [1.54, 1.807) is 29.2 Å². The topological polar surface area (TPSA) is 104 Å². The monoisotopic (exact) mass is 576 g/mol. The van der Waals surface area contributed by atoms with E-state index in [1.807, 2.05) is 42.5 Å². The predicted octanol–water partition coefficient (Wildman–Crippen LogP) is 6.02. The van der Waals surface area contributed by atoms with Crippen molar-refractivity contribution in [3.8, 4) is 11.5 Å². The van der Waals surface area contributed by atoms with Gasteiger partial charge in [0.1, 0.15) is 17.5 Å². The molecule has 1 atom stereocenters. The number of amides is 1. The third-order valence-corrected chi connectivity index (χ3v) is 7.68. The minimum absolute atomic E-state index is 0.166. The van der Waals surface area contributed by atoms with Crippen molar-refractivity contribution in [2.45, 2.75) is 32.2 Å². The fourth-order valence-corrected chi connectivity index (χ4v) is 5.69. The molecule has 0 aliphatic carbocycles. The molecule has 1 unspecified atom stereocenters. The second-order valence-electron chi connectivity index (χ2n) is 10.3. The van der Waals surface area contributed by atoms with Crippen LogP contribution in [0.25, 0.3) is 10.9 Å². The van der Waals surface area contributed by atoms with Gasteiger partial charge >= 0.3 is 6.09 Å². The Morgan fingerprint density at radius 3 is 2.56 bits per heavy atom. The van der Waals surface area contributed by atoms with E-state index >= 15 is 0 Å². The Kier molecular flexibility index (Phi) is 9.34. The number of aliphatic hydroxyl groups excluding tert-OH is 1. The van der Waals surface area contributed by atoms with E-state index < -0.39 is 6.09 Å². The van der Waals surface area contributed by atoms with Crippen molar-refractivity contribution in [2.24, 2.45) is 0 Å². The molecule has 9 heteroatoms. The molecule has 0 radical (unpaired) electrons. The number of H-pyrrole nitrogens is 1. The van der Waals surface area contributed by atoms with Gasteiger partial charge < -0.3 is 30.2 Å². The molecule has 2 heterocycles. The Labute approximate surface area is 245 Å². The van der Waals surface area contributed by atoms with Gasteiger partial charge in [-0.2, -0.15) is 0 Å². The number of hydrogen-bond acceptors (Lipinski definition) is 6. The number of anilines is 1. The third kappa shape index (κ3) is 6.78. The van der Waals surface area contributed by atoms with Gasteiger partial charge in [-0.15, -0.1) is 0 Å². The summed E-state index contributed by atoms with van der Waals surface area (Å²) < 4.78 is 11.8. The summed E-state index contributed by atoms with van der Waals surface area (Å²) in [6, 6.07) is 20.2. The molecule has 0 bridgehead atoms. The smallest absolute Gasteiger partial charge is 0.416 e. The Balaban J connectivity index is 1.36. The zero-order chi connectivity index (χ0) is 28.8. The molecule has 5 rings (SSSR count). The highest BCUT2D eigenvalue weighted by Gasteiger charge is 2.35. The van der Waals surface area contributed by atoms with Gasteiger partial charge in [-0.3, -0.25) is 4.90 Å².